The highest BCUT2D eigenvalue weighted by molar-refractivity contribution is 7.80. The van der Waals surface area contributed by atoms with Gasteiger partial charge in [-0.3, -0.25) is 0 Å². The summed E-state index contributed by atoms with van der Waals surface area (Å²) >= 11 is 4.28. The van der Waals surface area contributed by atoms with Crippen molar-refractivity contribution >= 4 is 12.6 Å². The number of hydrogen-bond donors (Lipinski definition) is 3. The first-order valence-corrected chi connectivity index (χ1v) is 6.13. The molecular weight excluding hydrogens is 180 g/mol. The van der Waals surface area contributed by atoms with E-state index in [2.05, 4.69) is 23.3 Å². The van der Waals surface area contributed by atoms with Crippen LogP contribution in [0.5, 0.6) is 0 Å². The van der Waals surface area contributed by atoms with Crippen LogP contribution in [0.1, 0.15) is 32.1 Å². The summed E-state index contributed by atoms with van der Waals surface area (Å²) in [4.78, 5) is 0. The number of thiol groups is 1. The van der Waals surface area contributed by atoms with E-state index in [-0.39, 0.29) is 0 Å². The maximum absolute atomic E-state index is 4.28. The van der Waals surface area contributed by atoms with E-state index in [1.807, 2.05) is 0 Å². The third kappa shape index (κ3) is 2.39. The Bertz CT molecular complexity index is 163. The van der Waals surface area contributed by atoms with Gasteiger partial charge in [0.15, 0.2) is 0 Å². The predicted octanol–water partition coefficient (Wildman–Crippen LogP) is 1.18. The van der Waals surface area contributed by atoms with Crippen LogP contribution in [-0.4, -0.2) is 30.4 Å². The summed E-state index contributed by atoms with van der Waals surface area (Å²) in [5.74, 6) is 0.997. The number of hydrogen-bond acceptors (Lipinski definition) is 3. The van der Waals surface area contributed by atoms with Gasteiger partial charge in [-0.05, 0) is 25.0 Å². The Kier molecular flexibility index (Phi) is 3.52. The topological polar surface area (TPSA) is 24.1 Å². The number of rotatable bonds is 2. The zero-order valence-corrected chi connectivity index (χ0v) is 9.02. The Morgan fingerprint density at radius 3 is 2.69 bits per heavy atom. The lowest BCUT2D eigenvalue weighted by molar-refractivity contribution is 0.210. The van der Waals surface area contributed by atoms with Gasteiger partial charge in [-0.2, -0.15) is 12.6 Å². The third-order valence-electron chi connectivity index (χ3n) is 3.32. The Balaban J connectivity index is 1.84. The van der Waals surface area contributed by atoms with Crippen molar-refractivity contribution in [1.29, 1.82) is 0 Å². The van der Waals surface area contributed by atoms with Gasteiger partial charge in [0.1, 0.15) is 0 Å². The first-order valence-electron chi connectivity index (χ1n) is 5.50. The molecule has 0 unspecified atom stereocenters. The molecule has 3 heteroatoms. The van der Waals surface area contributed by atoms with Crippen molar-refractivity contribution in [3.05, 3.63) is 0 Å². The molecule has 1 saturated heterocycles. The molecule has 0 aromatic carbocycles. The van der Waals surface area contributed by atoms with E-state index < -0.39 is 0 Å². The molecule has 0 bridgehead atoms. The normalized spacial score (nSPS) is 39.9. The fraction of sp³-hybridized carbons (Fsp3) is 1.00. The van der Waals surface area contributed by atoms with Gasteiger partial charge in [-0.25, -0.2) is 0 Å². The molecule has 2 nitrogen and oxygen atoms in total. The molecule has 76 valence electrons. The third-order valence-corrected chi connectivity index (χ3v) is 3.58. The number of nitrogens with one attached hydrogen (secondary N) is 2. The van der Waals surface area contributed by atoms with Crippen molar-refractivity contribution in [2.75, 3.05) is 12.3 Å². The maximum Gasteiger partial charge on any atom is 0.0224 e. The Morgan fingerprint density at radius 2 is 1.92 bits per heavy atom. The quantitative estimate of drug-likeness (QED) is 0.583. The molecule has 0 radical (unpaired) electrons. The van der Waals surface area contributed by atoms with Crippen LogP contribution >= 0.6 is 12.6 Å². The lowest BCUT2D eigenvalue weighted by atomic mass is 9.87. The molecule has 3 atom stereocenters. The largest absolute Gasteiger partial charge is 0.311 e. The van der Waals surface area contributed by atoms with Crippen LogP contribution in [0.2, 0.25) is 0 Å². The SMILES string of the molecule is SCC[C@@H]1CN[C@H]2CCCC[C@@H]2N1. The van der Waals surface area contributed by atoms with E-state index in [0.717, 1.165) is 24.4 Å². The Labute approximate surface area is 86.3 Å². The Morgan fingerprint density at radius 1 is 1.15 bits per heavy atom. The first-order chi connectivity index (χ1) is 6.40. The average molecular weight is 200 g/mol. The molecule has 0 spiro atoms. The van der Waals surface area contributed by atoms with E-state index in [1.54, 1.807) is 0 Å². The van der Waals surface area contributed by atoms with Crippen LogP contribution in [-0.2, 0) is 0 Å². The smallest absolute Gasteiger partial charge is 0.0224 e. The van der Waals surface area contributed by atoms with Crippen molar-refractivity contribution in [2.45, 2.75) is 50.2 Å². The van der Waals surface area contributed by atoms with Gasteiger partial charge in [0.25, 0.3) is 0 Å². The van der Waals surface area contributed by atoms with Gasteiger partial charge in [-0.15, -0.1) is 0 Å². The van der Waals surface area contributed by atoms with Crippen LogP contribution in [0.4, 0.5) is 0 Å². The van der Waals surface area contributed by atoms with E-state index in [0.29, 0.717) is 6.04 Å². The first kappa shape index (κ1) is 9.81. The second kappa shape index (κ2) is 4.67. The molecule has 0 amide bonds. The van der Waals surface area contributed by atoms with Gasteiger partial charge in [-0.1, -0.05) is 12.8 Å². The lowest BCUT2D eigenvalue weighted by Gasteiger charge is -2.41. The van der Waals surface area contributed by atoms with Gasteiger partial charge >= 0.3 is 0 Å². The molecule has 2 N–H and O–H groups in total. The van der Waals surface area contributed by atoms with E-state index >= 15 is 0 Å². The number of piperazine rings is 1. The minimum Gasteiger partial charge on any atom is -0.311 e. The maximum atomic E-state index is 4.28. The summed E-state index contributed by atoms with van der Waals surface area (Å²) in [7, 11) is 0. The molecule has 1 aliphatic heterocycles. The standard InChI is InChI=1S/C10H20N2S/c13-6-5-8-7-11-9-3-1-2-4-10(9)12-8/h8-13H,1-7H2/t8-,9+,10+/m1/s1. The summed E-state index contributed by atoms with van der Waals surface area (Å²) < 4.78 is 0. The summed E-state index contributed by atoms with van der Waals surface area (Å²) in [5.41, 5.74) is 0. The molecule has 1 saturated carbocycles. The molecule has 2 aliphatic rings. The summed E-state index contributed by atoms with van der Waals surface area (Å²) in [6.07, 6.45) is 6.74. The van der Waals surface area contributed by atoms with Crippen LogP contribution < -0.4 is 10.6 Å². The molecular formula is C10H20N2S. The van der Waals surface area contributed by atoms with Crippen molar-refractivity contribution in [1.82, 2.24) is 10.6 Å². The Hall–Kier alpha value is 0.270. The molecule has 2 rings (SSSR count). The highest BCUT2D eigenvalue weighted by Crippen LogP contribution is 2.21. The zero-order chi connectivity index (χ0) is 9.10. The highest BCUT2D eigenvalue weighted by atomic mass is 32.1. The van der Waals surface area contributed by atoms with E-state index in [1.165, 1.54) is 32.1 Å². The van der Waals surface area contributed by atoms with Crippen LogP contribution in [0.3, 0.4) is 0 Å². The van der Waals surface area contributed by atoms with Crippen LogP contribution in [0.15, 0.2) is 0 Å². The molecule has 2 fully saturated rings. The van der Waals surface area contributed by atoms with Gasteiger partial charge in [0.2, 0.25) is 0 Å². The minimum absolute atomic E-state index is 0.664. The second-order valence-electron chi connectivity index (χ2n) is 4.28. The van der Waals surface area contributed by atoms with Crippen LogP contribution in [0, 0.1) is 0 Å². The van der Waals surface area contributed by atoms with Crippen molar-refractivity contribution in [3.8, 4) is 0 Å². The van der Waals surface area contributed by atoms with Crippen molar-refractivity contribution in [2.24, 2.45) is 0 Å². The highest BCUT2D eigenvalue weighted by Gasteiger charge is 2.30. The summed E-state index contributed by atoms with van der Waals surface area (Å²) in [6, 6.07) is 2.16. The molecule has 0 aromatic heterocycles. The molecule has 1 aliphatic carbocycles. The van der Waals surface area contributed by atoms with Crippen molar-refractivity contribution < 1.29 is 0 Å². The van der Waals surface area contributed by atoms with Gasteiger partial charge < -0.3 is 10.6 Å². The average Bonchev–Trinajstić information content (AvgIpc) is 2.18. The summed E-state index contributed by atoms with van der Waals surface area (Å²) in [6.45, 7) is 1.14. The number of fused-ring (bicyclic) bond motifs is 1. The fourth-order valence-electron chi connectivity index (χ4n) is 2.57. The van der Waals surface area contributed by atoms with Crippen LogP contribution in [0.25, 0.3) is 0 Å². The predicted molar refractivity (Wildman–Crippen MR) is 59.4 cm³/mol. The molecule has 0 aromatic rings. The van der Waals surface area contributed by atoms with E-state index in [9.17, 15) is 0 Å². The molecule has 13 heavy (non-hydrogen) atoms. The molecule has 1 heterocycles. The van der Waals surface area contributed by atoms with Gasteiger partial charge in [0.05, 0.1) is 0 Å². The summed E-state index contributed by atoms with van der Waals surface area (Å²) in [5, 5.41) is 7.40. The minimum atomic E-state index is 0.664. The van der Waals surface area contributed by atoms with E-state index in [4.69, 9.17) is 0 Å². The zero-order valence-electron chi connectivity index (χ0n) is 8.13. The lowest BCUT2D eigenvalue weighted by Crippen LogP contribution is -2.61. The monoisotopic (exact) mass is 200 g/mol. The van der Waals surface area contributed by atoms with Gasteiger partial charge in [0, 0.05) is 24.7 Å². The fourth-order valence-corrected chi connectivity index (χ4v) is 2.88. The second-order valence-corrected chi connectivity index (χ2v) is 4.73. The van der Waals surface area contributed by atoms with Crippen molar-refractivity contribution in [3.63, 3.8) is 0 Å².